The Balaban J connectivity index is 3.84. The van der Waals surface area contributed by atoms with Crippen molar-refractivity contribution in [1.82, 2.24) is 5.32 Å². The number of nitrogens with two attached hydrogens (primary N) is 1. The summed E-state index contributed by atoms with van der Waals surface area (Å²) in [5.74, 6) is -0.158. The van der Waals surface area contributed by atoms with Crippen LogP contribution in [0, 0.1) is 0 Å². The van der Waals surface area contributed by atoms with E-state index in [-0.39, 0.29) is 18.6 Å². The number of ether oxygens (including phenoxy) is 1. The van der Waals surface area contributed by atoms with E-state index >= 15 is 0 Å². The molecular formula is C10H20N2O2S. The van der Waals surface area contributed by atoms with Crippen LogP contribution < -0.4 is 11.1 Å². The summed E-state index contributed by atoms with van der Waals surface area (Å²) < 4.78 is 5.11. The summed E-state index contributed by atoms with van der Waals surface area (Å²) in [4.78, 5) is 11.7. The Hall–Kier alpha value is -0.680. The number of carbonyl (C=O) groups excluding carboxylic acids is 1. The first-order valence-electron chi connectivity index (χ1n) is 5.28. The average molecular weight is 232 g/mol. The quantitative estimate of drug-likeness (QED) is 0.484. The van der Waals surface area contributed by atoms with Crippen molar-refractivity contribution >= 4 is 23.1 Å². The van der Waals surface area contributed by atoms with E-state index in [4.69, 9.17) is 22.7 Å². The molecule has 0 aromatic carbocycles. The van der Waals surface area contributed by atoms with Gasteiger partial charge in [-0.1, -0.05) is 32.5 Å². The molecule has 0 aliphatic rings. The minimum atomic E-state index is -0.206. The van der Waals surface area contributed by atoms with Gasteiger partial charge in [0, 0.05) is 6.61 Å². The van der Waals surface area contributed by atoms with Crippen LogP contribution in [0.5, 0.6) is 0 Å². The molecule has 0 aliphatic carbocycles. The Labute approximate surface area is 96.5 Å². The van der Waals surface area contributed by atoms with E-state index in [0.29, 0.717) is 11.6 Å². The van der Waals surface area contributed by atoms with E-state index in [0.717, 1.165) is 19.3 Å². The van der Waals surface area contributed by atoms with Gasteiger partial charge in [0.15, 0.2) is 0 Å². The van der Waals surface area contributed by atoms with Gasteiger partial charge in [0.05, 0.1) is 11.0 Å². The lowest BCUT2D eigenvalue weighted by Crippen LogP contribution is -2.44. The van der Waals surface area contributed by atoms with Crippen LogP contribution in [0.25, 0.3) is 0 Å². The van der Waals surface area contributed by atoms with Crippen molar-refractivity contribution in [2.24, 2.45) is 5.73 Å². The second-order valence-corrected chi connectivity index (χ2v) is 3.84. The SMILES string of the molecule is CCCOCC(=O)NC(CCC)C(N)=S. The van der Waals surface area contributed by atoms with Crippen LogP contribution >= 0.6 is 12.2 Å². The zero-order valence-electron chi connectivity index (χ0n) is 9.41. The minimum absolute atomic E-state index is 0.0800. The van der Waals surface area contributed by atoms with Gasteiger partial charge < -0.3 is 15.8 Å². The average Bonchev–Trinajstić information content (AvgIpc) is 2.17. The molecule has 0 spiro atoms. The molecule has 1 amide bonds. The largest absolute Gasteiger partial charge is 0.392 e. The highest BCUT2D eigenvalue weighted by atomic mass is 32.1. The van der Waals surface area contributed by atoms with Gasteiger partial charge in [0.2, 0.25) is 5.91 Å². The number of nitrogens with one attached hydrogen (secondary N) is 1. The molecule has 1 unspecified atom stereocenters. The Morgan fingerprint density at radius 1 is 1.47 bits per heavy atom. The number of rotatable bonds is 8. The van der Waals surface area contributed by atoms with Crippen LogP contribution in [0.1, 0.15) is 33.1 Å². The summed E-state index contributed by atoms with van der Waals surface area (Å²) >= 11 is 4.86. The third kappa shape index (κ3) is 7.27. The fourth-order valence-electron chi connectivity index (χ4n) is 1.12. The number of amides is 1. The molecule has 0 rings (SSSR count). The molecular weight excluding hydrogens is 212 g/mol. The molecule has 5 heteroatoms. The molecule has 0 bridgehead atoms. The number of hydrogen-bond acceptors (Lipinski definition) is 3. The molecule has 15 heavy (non-hydrogen) atoms. The highest BCUT2D eigenvalue weighted by Gasteiger charge is 2.13. The number of thiocarbonyl (C=S) groups is 1. The van der Waals surface area contributed by atoms with Crippen molar-refractivity contribution in [3.8, 4) is 0 Å². The first-order chi connectivity index (χ1) is 7.11. The summed E-state index contributed by atoms with van der Waals surface area (Å²) in [7, 11) is 0. The minimum Gasteiger partial charge on any atom is -0.392 e. The molecule has 1 atom stereocenters. The van der Waals surface area contributed by atoms with Gasteiger partial charge in [0.25, 0.3) is 0 Å². The Morgan fingerprint density at radius 3 is 2.60 bits per heavy atom. The molecule has 0 fully saturated rings. The standard InChI is InChI=1S/C10H20N2O2S/c1-3-5-8(10(11)15)12-9(13)7-14-6-4-2/h8H,3-7H2,1-2H3,(H2,11,15)(H,12,13). The monoisotopic (exact) mass is 232 g/mol. The fraction of sp³-hybridized carbons (Fsp3) is 0.800. The van der Waals surface area contributed by atoms with Crippen LogP contribution in [0.2, 0.25) is 0 Å². The highest BCUT2D eigenvalue weighted by Crippen LogP contribution is 1.97. The van der Waals surface area contributed by atoms with Crippen LogP contribution in [0.15, 0.2) is 0 Å². The van der Waals surface area contributed by atoms with Gasteiger partial charge in [-0.3, -0.25) is 4.79 Å². The molecule has 3 N–H and O–H groups in total. The van der Waals surface area contributed by atoms with E-state index < -0.39 is 0 Å². The topological polar surface area (TPSA) is 64.3 Å². The van der Waals surface area contributed by atoms with Crippen molar-refractivity contribution < 1.29 is 9.53 Å². The van der Waals surface area contributed by atoms with Crippen molar-refractivity contribution in [2.75, 3.05) is 13.2 Å². The normalized spacial score (nSPS) is 12.1. The lowest BCUT2D eigenvalue weighted by Gasteiger charge is -2.16. The molecule has 0 aromatic rings. The molecule has 0 aliphatic heterocycles. The summed E-state index contributed by atoms with van der Waals surface area (Å²) in [5, 5.41) is 2.75. The highest BCUT2D eigenvalue weighted by molar-refractivity contribution is 7.80. The smallest absolute Gasteiger partial charge is 0.246 e. The Morgan fingerprint density at radius 2 is 2.13 bits per heavy atom. The predicted octanol–water partition coefficient (Wildman–Crippen LogP) is 0.984. The van der Waals surface area contributed by atoms with Gasteiger partial charge >= 0.3 is 0 Å². The van der Waals surface area contributed by atoms with E-state index in [1.807, 2.05) is 13.8 Å². The van der Waals surface area contributed by atoms with Crippen molar-refractivity contribution in [2.45, 2.75) is 39.2 Å². The second kappa shape index (κ2) is 8.61. The van der Waals surface area contributed by atoms with E-state index in [1.54, 1.807) is 0 Å². The molecule has 88 valence electrons. The first kappa shape index (κ1) is 14.3. The summed E-state index contributed by atoms with van der Waals surface area (Å²) in [6, 6.07) is -0.206. The zero-order valence-corrected chi connectivity index (χ0v) is 10.2. The van der Waals surface area contributed by atoms with Gasteiger partial charge in [-0.25, -0.2) is 0 Å². The fourth-order valence-corrected chi connectivity index (χ4v) is 1.30. The summed E-state index contributed by atoms with van der Waals surface area (Å²) in [5.41, 5.74) is 5.50. The lowest BCUT2D eigenvalue weighted by atomic mass is 10.1. The van der Waals surface area contributed by atoms with E-state index in [9.17, 15) is 4.79 Å². The predicted molar refractivity (Wildman–Crippen MR) is 64.7 cm³/mol. The number of hydrogen-bond donors (Lipinski definition) is 2. The van der Waals surface area contributed by atoms with Crippen molar-refractivity contribution in [1.29, 1.82) is 0 Å². The van der Waals surface area contributed by atoms with Crippen LogP contribution in [0.4, 0.5) is 0 Å². The molecule has 4 nitrogen and oxygen atoms in total. The first-order valence-corrected chi connectivity index (χ1v) is 5.69. The van der Waals surface area contributed by atoms with Crippen molar-refractivity contribution in [3.05, 3.63) is 0 Å². The molecule has 0 saturated heterocycles. The maximum absolute atomic E-state index is 11.4. The molecule has 0 radical (unpaired) electrons. The van der Waals surface area contributed by atoms with Crippen molar-refractivity contribution in [3.63, 3.8) is 0 Å². The Kier molecular flexibility index (Phi) is 8.22. The third-order valence-corrected chi connectivity index (χ3v) is 2.12. The van der Waals surface area contributed by atoms with Crippen LogP contribution in [-0.4, -0.2) is 30.2 Å². The number of carbonyl (C=O) groups is 1. The lowest BCUT2D eigenvalue weighted by molar-refractivity contribution is -0.126. The van der Waals surface area contributed by atoms with Gasteiger partial charge in [-0.05, 0) is 12.8 Å². The van der Waals surface area contributed by atoms with Gasteiger partial charge in [-0.2, -0.15) is 0 Å². The molecule has 0 saturated carbocycles. The summed E-state index contributed by atoms with van der Waals surface area (Å²) in [6.45, 7) is 4.69. The van der Waals surface area contributed by atoms with E-state index in [2.05, 4.69) is 5.32 Å². The third-order valence-electron chi connectivity index (χ3n) is 1.84. The second-order valence-electron chi connectivity index (χ2n) is 3.36. The van der Waals surface area contributed by atoms with Gasteiger partial charge in [0.1, 0.15) is 6.61 Å². The maximum Gasteiger partial charge on any atom is 0.246 e. The zero-order chi connectivity index (χ0) is 11.7. The van der Waals surface area contributed by atoms with Crippen LogP contribution in [0.3, 0.4) is 0 Å². The summed E-state index contributed by atoms with van der Waals surface area (Å²) in [6.07, 6.45) is 2.61. The van der Waals surface area contributed by atoms with Gasteiger partial charge in [-0.15, -0.1) is 0 Å². The van der Waals surface area contributed by atoms with E-state index in [1.165, 1.54) is 0 Å². The van der Waals surface area contributed by atoms with Crippen LogP contribution in [-0.2, 0) is 9.53 Å². The Bertz CT molecular complexity index is 210. The maximum atomic E-state index is 11.4. The molecule has 0 heterocycles. The molecule has 0 aromatic heterocycles.